The molecule has 2 fully saturated rings. The molecule has 2 heterocycles. The lowest BCUT2D eigenvalue weighted by Gasteiger charge is -2.45. The fraction of sp³-hybridized carbons (Fsp3) is 0.731. The number of primary sulfonamides is 1. The molecule has 10 atom stereocenters. The molecule has 0 aromatic heterocycles. The van der Waals surface area contributed by atoms with Crippen LogP contribution in [0.4, 0.5) is 0 Å². The van der Waals surface area contributed by atoms with Gasteiger partial charge in [0, 0.05) is 18.7 Å². The molecule has 3 rings (SSSR count). The second kappa shape index (κ2) is 17.4. The number of carbonyl (C=O) groups is 1. The van der Waals surface area contributed by atoms with E-state index in [0.717, 1.165) is 5.56 Å². The zero-order chi connectivity index (χ0) is 32.4. The van der Waals surface area contributed by atoms with E-state index < -0.39 is 84.6 Å². The third-order valence-electron chi connectivity index (χ3n) is 7.14. The van der Waals surface area contributed by atoms with Gasteiger partial charge in [0.25, 0.3) is 0 Å². The summed E-state index contributed by atoms with van der Waals surface area (Å²) in [5.41, 5.74) is 0.855. The third-order valence-corrected chi connectivity index (χ3v) is 9.14. The smallest absolute Gasteiger partial charge is 0.238 e. The van der Waals surface area contributed by atoms with Crippen molar-refractivity contribution in [1.29, 1.82) is 0 Å². The highest BCUT2D eigenvalue weighted by Crippen LogP contribution is 2.29. The quantitative estimate of drug-likeness (QED) is 0.0762. The maximum atomic E-state index is 12.1. The van der Waals surface area contributed by atoms with Gasteiger partial charge in [-0.1, -0.05) is 12.1 Å². The Bertz CT molecular complexity index is 1130. The van der Waals surface area contributed by atoms with Gasteiger partial charge in [0.15, 0.2) is 12.6 Å². The Kier molecular flexibility index (Phi) is 14.6. The van der Waals surface area contributed by atoms with E-state index in [4.69, 9.17) is 24.1 Å². The van der Waals surface area contributed by atoms with Crippen LogP contribution in [0.15, 0.2) is 29.2 Å². The molecule has 0 radical (unpaired) electrons. The molecule has 0 saturated carbocycles. The molecule has 2 saturated heterocycles. The summed E-state index contributed by atoms with van der Waals surface area (Å²) in [4.78, 5) is 12.1. The number of nitrogens with two attached hydrogens (primary N) is 1. The summed E-state index contributed by atoms with van der Waals surface area (Å²) in [7, 11) is -3.75. The Balaban J connectivity index is 1.31. The number of hydrogen-bond acceptors (Lipinski definition) is 15. The van der Waals surface area contributed by atoms with Gasteiger partial charge < -0.3 is 60.0 Å². The van der Waals surface area contributed by atoms with Crippen molar-refractivity contribution in [3.8, 4) is 0 Å². The summed E-state index contributed by atoms with van der Waals surface area (Å²) in [6.07, 6.45) is -13.8. The number of amides is 1. The van der Waals surface area contributed by atoms with Crippen molar-refractivity contribution in [2.75, 3.05) is 37.9 Å². The average molecular weight is 671 g/mol. The van der Waals surface area contributed by atoms with E-state index in [0.29, 0.717) is 37.3 Å². The van der Waals surface area contributed by atoms with Gasteiger partial charge in [0.05, 0.1) is 24.7 Å². The van der Waals surface area contributed by atoms with Gasteiger partial charge in [-0.15, -0.1) is 0 Å². The van der Waals surface area contributed by atoms with Crippen molar-refractivity contribution in [3.63, 3.8) is 0 Å². The Morgan fingerprint density at radius 3 is 2.16 bits per heavy atom. The van der Waals surface area contributed by atoms with Crippen LogP contribution >= 0.6 is 11.8 Å². The van der Waals surface area contributed by atoms with Crippen molar-refractivity contribution in [1.82, 2.24) is 5.32 Å². The molecule has 2 aliphatic heterocycles. The maximum absolute atomic E-state index is 12.1. The number of rotatable bonds is 16. The van der Waals surface area contributed by atoms with E-state index in [2.05, 4.69) is 5.32 Å². The van der Waals surface area contributed by atoms with Crippen LogP contribution in [0.25, 0.3) is 0 Å². The fourth-order valence-corrected chi connectivity index (χ4v) is 5.97. The lowest BCUT2D eigenvalue weighted by Crippen LogP contribution is -2.64. The van der Waals surface area contributed by atoms with E-state index >= 15 is 0 Å². The Hall–Kier alpha value is -1.49. The standard InChI is InChI=1S/C26H42N2O14S2/c27-44(37,38)15-4-2-14(3-5-15)6-8-28-18(31)7-11-43-10-1-9-39-25-23(36)21(34)24(17(13-30)41-25)42-26-22(35)20(33)19(32)16(12-29)40-26/h2-5,16-17,19-26,29-30,32-36H,1,6-13H2,(H,28,31)(H2,27,37,38)/t16-,17-,19-,20+,21-,22-,23-,24-,25-,26+/m1/s1. The van der Waals surface area contributed by atoms with E-state index in [1.165, 1.54) is 23.9 Å². The Labute approximate surface area is 259 Å². The highest BCUT2D eigenvalue weighted by molar-refractivity contribution is 7.99. The number of nitrogens with one attached hydrogen (secondary N) is 1. The number of aliphatic hydroxyl groups is 7. The largest absolute Gasteiger partial charge is 0.394 e. The van der Waals surface area contributed by atoms with Crippen molar-refractivity contribution in [2.45, 2.75) is 85.6 Å². The monoisotopic (exact) mass is 670 g/mol. The van der Waals surface area contributed by atoms with Gasteiger partial charge in [-0.25, -0.2) is 13.6 Å². The van der Waals surface area contributed by atoms with E-state index in [1.807, 2.05) is 0 Å². The predicted octanol–water partition coefficient (Wildman–Crippen LogP) is -3.85. The molecule has 0 bridgehead atoms. The summed E-state index contributed by atoms with van der Waals surface area (Å²) in [6.45, 7) is -0.820. The first-order chi connectivity index (χ1) is 20.9. The number of sulfonamides is 1. The van der Waals surface area contributed by atoms with Gasteiger partial charge in [0.1, 0.15) is 48.8 Å². The van der Waals surface area contributed by atoms with Crippen LogP contribution in [0.5, 0.6) is 0 Å². The minimum Gasteiger partial charge on any atom is -0.394 e. The summed E-state index contributed by atoms with van der Waals surface area (Å²) in [5.74, 6) is 1.05. The van der Waals surface area contributed by atoms with Gasteiger partial charge in [-0.05, 0) is 36.3 Å². The highest BCUT2D eigenvalue weighted by Gasteiger charge is 2.50. The predicted molar refractivity (Wildman–Crippen MR) is 153 cm³/mol. The van der Waals surface area contributed by atoms with Crippen LogP contribution in [-0.4, -0.2) is 149 Å². The maximum Gasteiger partial charge on any atom is 0.238 e. The average Bonchev–Trinajstić information content (AvgIpc) is 2.99. The molecule has 1 amide bonds. The molecular weight excluding hydrogens is 628 g/mol. The van der Waals surface area contributed by atoms with Crippen LogP contribution < -0.4 is 10.5 Å². The Morgan fingerprint density at radius 2 is 1.52 bits per heavy atom. The summed E-state index contributed by atoms with van der Waals surface area (Å²) < 4.78 is 44.5. The first kappa shape index (κ1) is 37.0. The third kappa shape index (κ3) is 10.3. The first-order valence-electron chi connectivity index (χ1n) is 14.0. The van der Waals surface area contributed by atoms with E-state index in [1.54, 1.807) is 12.1 Å². The lowest BCUT2D eigenvalue weighted by molar-refractivity contribution is -0.359. The molecule has 1 aromatic carbocycles. The van der Waals surface area contributed by atoms with E-state index in [9.17, 15) is 49.0 Å². The van der Waals surface area contributed by atoms with Gasteiger partial charge >= 0.3 is 0 Å². The van der Waals surface area contributed by atoms with Crippen molar-refractivity contribution < 1.29 is 67.9 Å². The van der Waals surface area contributed by atoms with Crippen LogP contribution in [0.3, 0.4) is 0 Å². The second-order valence-corrected chi connectivity index (χ2v) is 13.2. The molecule has 1 aromatic rings. The molecule has 252 valence electrons. The SMILES string of the molecule is NS(=O)(=O)c1ccc(CCNC(=O)CCSCCCO[C@@H]2O[C@H](CO)[C@@H](O[C@@H]3O[C@H](CO)[C@@H](O)[C@H](O)[C@H]3O)[C@H](O)[C@H]2O)cc1. The van der Waals surface area contributed by atoms with Crippen LogP contribution in [0, 0.1) is 0 Å². The number of carbonyl (C=O) groups excluding carboxylic acids is 1. The van der Waals surface area contributed by atoms with Crippen molar-refractivity contribution in [3.05, 3.63) is 29.8 Å². The number of thioether (sulfide) groups is 1. The molecule has 0 spiro atoms. The molecule has 0 aliphatic carbocycles. The molecule has 0 unspecified atom stereocenters. The second-order valence-electron chi connectivity index (χ2n) is 10.4. The molecule has 16 nitrogen and oxygen atoms in total. The Morgan fingerprint density at radius 1 is 0.886 bits per heavy atom. The van der Waals surface area contributed by atoms with Crippen LogP contribution in [0.2, 0.25) is 0 Å². The van der Waals surface area contributed by atoms with Crippen molar-refractivity contribution in [2.24, 2.45) is 5.14 Å². The van der Waals surface area contributed by atoms with Crippen LogP contribution in [-0.2, 0) is 40.2 Å². The van der Waals surface area contributed by atoms with Gasteiger partial charge in [-0.2, -0.15) is 11.8 Å². The lowest BCUT2D eigenvalue weighted by atomic mass is 9.97. The summed E-state index contributed by atoms with van der Waals surface area (Å²) in [5, 5.41) is 78.3. The molecule has 44 heavy (non-hydrogen) atoms. The minimum absolute atomic E-state index is 0.0236. The first-order valence-corrected chi connectivity index (χ1v) is 16.7. The van der Waals surface area contributed by atoms with Crippen LogP contribution in [0.1, 0.15) is 18.4 Å². The van der Waals surface area contributed by atoms with Crippen molar-refractivity contribution >= 4 is 27.7 Å². The number of hydrogen-bond donors (Lipinski definition) is 9. The summed E-state index contributed by atoms with van der Waals surface area (Å²) >= 11 is 1.51. The number of aliphatic hydroxyl groups excluding tert-OH is 7. The van der Waals surface area contributed by atoms with E-state index in [-0.39, 0.29) is 17.4 Å². The van der Waals surface area contributed by atoms with Gasteiger partial charge in [-0.3, -0.25) is 4.79 Å². The minimum atomic E-state index is -3.75. The van der Waals surface area contributed by atoms with Gasteiger partial charge in [0.2, 0.25) is 15.9 Å². The normalized spacial score (nSPS) is 32.8. The molecule has 10 N–H and O–H groups in total. The highest BCUT2D eigenvalue weighted by atomic mass is 32.2. The number of benzene rings is 1. The fourth-order valence-electron chi connectivity index (χ4n) is 4.60. The zero-order valence-corrected chi connectivity index (χ0v) is 25.5. The molecule has 2 aliphatic rings. The molecular formula is C26H42N2O14S2. The summed E-state index contributed by atoms with van der Waals surface area (Å²) in [6, 6.07) is 6.12. The zero-order valence-electron chi connectivity index (χ0n) is 23.8. The number of ether oxygens (including phenoxy) is 4. The molecule has 18 heteroatoms. The topological polar surface area (TPSA) is 268 Å².